The van der Waals surface area contributed by atoms with Gasteiger partial charge in [0.15, 0.2) is 0 Å². The van der Waals surface area contributed by atoms with E-state index in [9.17, 15) is 4.79 Å². The van der Waals surface area contributed by atoms with Gasteiger partial charge in [0.25, 0.3) is 0 Å². The molecule has 2 heterocycles. The van der Waals surface area contributed by atoms with Crippen molar-refractivity contribution in [2.24, 2.45) is 0 Å². The first kappa shape index (κ1) is 13.8. The number of amides is 1. The van der Waals surface area contributed by atoms with Crippen molar-refractivity contribution in [1.82, 2.24) is 10.2 Å². The summed E-state index contributed by atoms with van der Waals surface area (Å²) in [5.41, 5.74) is 0. The predicted molar refractivity (Wildman–Crippen MR) is 71.5 cm³/mol. The highest BCUT2D eigenvalue weighted by Crippen LogP contribution is 2.21. The summed E-state index contributed by atoms with van der Waals surface area (Å²) in [6.45, 7) is 2.74. The van der Waals surface area contributed by atoms with Crippen LogP contribution in [-0.4, -0.2) is 49.7 Å². The quantitative estimate of drug-likeness (QED) is 0.809. The number of carbonyl (C=O) groups excluding carboxylic acids is 1. The van der Waals surface area contributed by atoms with E-state index in [1.807, 2.05) is 7.05 Å². The minimum atomic E-state index is 0.321. The summed E-state index contributed by atoms with van der Waals surface area (Å²) >= 11 is 0. The van der Waals surface area contributed by atoms with Crippen LogP contribution in [0.25, 0.3) is 0 Å². The molecular formula is C14H26N2O2. The second kappa shape index (κ2) is 7.10. The fourth-order valence-electron chi connectivity index (χ4n) is 3.08. The first-order chi connectivity index (χ1) is 8.81. The number of ether oxygens (including phenoxy) is 1. The van der Waals surface area contributed by atoms with Gasteiger partial charge in [0.05, 0.1) is 6.10 Å². The standard InChI is InChI=1S/C14H26N2O2/c1-15-11-12-5-4-9-16(12)14(17)8-7-13-6-2-3-10-18-13/h12-13,15H,2-11H2,1H3. The average Bonchev–Trinajstić information content (AvgIpc) is 2.86. The van der Waals surface area contributed by atoms with Gasteiger partial charge in [-0.15, -0.1) is 0 Å². The number of nitrogens with one attached hydrogen (secondary N) is 1. The van der Waals surface area contributed by atoms with E-state index >= 15 is 0 Å². The summed E-state index contributed by atoms with van der Waals surface area (Å²) in [6.07, 6.45) is 7.75. The molecule has 0 radical (unpaired) electrons. The van der Waals surface area contributed by atoms with E-state index in [1.54, 1.807) is 0 Å². The Morgan fingerprint density at radius 1 is 1.33 bits per heavy atom. The third-order valence-corrected chi connectivity index (χ3v) is 4.09. The molecule has 0 aromatic heterocycles. The monoisotopic (exact) mass is 254 g/mol. The number of hydrogen-bond acceptors (Lipinski definition) is 3. The molecule has 0 saturated carbocycles. The molecular weight excluding hydrogens is 228 g/mol. The van der Waals surface area contributed by atoms with Crippen LogP contribution in [0.2, 0.25) is 0 Å². The van der Waals surface area contributed by atoms with Crippen LogP contribution in [0.1, 0.15) is 44.9 Å². The Hall–Kier alpha value is -0.610. The summed E-state index contributed by atoms with van der Waals surface area (Å²) in [7, 11) is 1.96. The van der Waals surface area contributed by atoms with Crippen LogP contribution in [0.4, 0.5) is 0 Å². The van der Waals surface area contributed by atoms with Crippen LogP contribution in [0.3, 0.4) is 0 Å². The normalized spacial score (nSPS) is 28.6. The minimum absolute atomic E-state index is 0.321. The molecule has 0 spiro atoms. The highest BCUT2D eigenvalue weighted by Gasteiger charge is 2.28. The van der Waals surface area contributed by atoms with Gasteiger partial charge >= 0.3 is 0 Å². The molecule has 1 N–H and O–H groups in total. The average molecular weight is 254 g/mol. The molecule has 4 heteroatoms. The largest absolute Gasteiger partial charge is 0.378 e. The van der Waals surface area contributed by atoms with Crippen molar-refractivity contribution in [2.75, 3.05) is 26.7 Å². The molecule has 2 aliphatic heterocycles. The zero-order valence-electron chi connectivity index (χ0n) is 11.5. The first-order valence-corrected chi connectivity index (χ1v) is 7.37. The van der Waals surface area contributed by atoms with E-state index in [2.05, 4.69) is 10.2 Å². The first-order valence-electron chi connectivity index (χ1n) is 7.37. The number of nitrogens with zero attached hydrogens (tertiary/aromatic N) is 1. The lowest BCUT2D eigenvalue weighted by molar-refractivity contribution is -0.133. The van der Waals surface area contributed by atoms with Crippen LogP contribution in [0.15, 0.2) is 0 Å². The van der Waals surface area contributed by atoms with E-state index in [0.717, 1.165) is 45.4 Å². The molecule has 104 valence electrons. The van der Waals surface area contributed by atoms with Crippen molar-refractivity contribution in [3.05, 3.63) is 0 Å². The fraction of sp³-hybridized carbons (Fsp3) is 0.929. The van der Waals surface area contributed by atoms with Crippen molar-refractivity contribution in [1.29, 1.82) is 0 Å². The Kier molecular flexibility index (Phi) is 5.45. The Morgan fingerprint density at radius 2 is 2.22 bits per heavy atom. The maximum Gasteiger partial charge on any atom is 0.222 e. The van der Waals surface area contributed by atoms with Crippen molar-refractivity contribution < 1.29 is 9.53 Å². The molecule has 18 heavy (non-hydrogen) atoms. The molecule has 0 aromatic carbocycles. The van der Waals surface area contributed by atoms with E-state index in [1.165, 1.54) is 12.8 Å². The number of likely N-dealkylation sites (N-methyl/N-ethyl adjacent to an activating group) is 1. The van der Waals surface area contributed by atoms with Gasteiger partial charge in [-0.25, -0.2) is 0 Å². The Balaban J connectivity index is 1.73. The SMILES string of the molecule is CNCC1CCCN1C(=O)CCC1CCCCO1. The predicted octanol–water partition coefficient (Wildman–Crippen LogP) is 1.55. The zero-order chi connectivity index (χ0) is 12.8. The van der Waals surface area contributed by atoms with Crippen molar-refractivity contribution in [2.45, 2.75) is 57.1 Å². The Bertz CT molecular complexity index is 265. The number of hydrogen-bond donors (Lipinski definition) is 1. The fourth-order valence-corrected chi connectivity index (χ4v) is 3.08. The van der Waals surface area contributed by atoms with Crippen LogP contribution >= 0.6 is 0 Å². The van der Waals surface area contributed by atoms with Crippen LogP contribution < -0.4 is 5.32 Å². The molecule has 2 atom stereocenters. The molecule has 2 fully saturated rings. The second-order valence-electron chi connectivity index (χ2n) is 5.47. The lowest BCUT2D eigenvalue weighted by atomic mass is 10.0. The van der Waals surface area contributed by atoms with Gasteiger partial charge in [-0.1, -0.05) is 0 Å². The second-order valence-corrected chi connectivity index (χ2v) is 5.47. The van der Waals surface area contributed by atoms with Gasteiger partial charge < -0.3 is 15.0 Å². The smallest absolute Gasteiger partial charge is 0.222 e. The van der Waals surface area contributed by atoms with Crippen molar-refractivity contribution in [3.8, 4) is 0 Å². The maximum atomic E-state index is 12.2. The lowest BCUT2D eigenvalue weighted by Crippen LogP contribution is -2.41. The van der Waals surface area contributed by atoms with Crippen LogP contribution in [-0.2, 0) is 9.53 Å². The van der Waals surface area contributed by atoms with Gasteiger partial charge in [0, 0.05) is 32.2 Å². The molecule has 2 saturated heterocycles. The third kappa shape index (κ3) is 3.69. The Morgan fingerprint density at radius 3 is 2.94 bits per heavy atom. The summed E-state index contributed by atoms with van der Waals surface area (Å²) in [5.74, 6) is 0.321. The van der Waals surface area contributed by atoms with E-state index in [4.69, 9.17) is 4.74 Å². The molecule has 2 rings (SSSR count). The van der Waals surface area contributed by atoms with Gasteiger partial charge in [-0.05, 0) is 45.6 Å². The lowest BCUT2D eigenvalue weighted by Gasteiger charge is -2.26. The van der Waals surface area contributed by atoms with Gasteiger partial charge in [-0.3, -0.25) is 4.79 Å². The number of likely N-dealkylation sites (tertiary alicyclic amines) is 1. The molecule has 2 aliphatic rings. The van der Waals surface area contributed by atoms with E-state index in [0.29, 0.717) is 24.5 Å². The number of rotatable bonds is 5. The molecule has 0 aliphatic carbocycles. The zero-order valence-corrected chi connectivity index (χ0v) is 11.5. The maximum absolute atomic E-state index is 12.2. The van der Waals surface area contributed by atoms with Crippen LogP contribution in [0, 0.1) is 0 Å². The highest BCUT2D eigenvalue weighted by molar-refractivity contribution is 5.76. The van der Waals surface area contributed by atoms with Gasteiger partial charge in [0.2, 0.25) is 5.91 Å². The number of carbonyl (C=O) groups is 1. The summed E-state index contributed by atoms with van der Waals surface area (Å²) < 4.78 is 5.68. The summed E-state index contributed by atoms with van der Waals surface area (Å²) in [6, 6.07) is 0.412. The van der Waals surface area contributed by atoms with Crippen LogP contribution in [0.5, 0.6) is 0 Å². The molecule has 2 unspecified atom stereocenters. The van der Waals surface area contributed by atoms with Crippen molar-refractivity contribution in [3.63, 3.8) is 0 Å². The topological polar surface area (TPSA) is 41.6 Å². The van der Waals surface area contributed by atoms with E-state index < -0.39 is 0 Å². The molecule has 0 aromatic rings. The Labute approximate surface area is 110 Å². The van der Waals surface area contributed by atoms with Crippen molar-refractivity contribution >= 4 is 5.91 Å². The van der Waals surface area contributed by atoms with Gasteiger partial charge in [0.1, 0.15) is 0 Å². The third-order valence-electron chi connectivity index (χ3n) is 4.09. The molecule has 0 bridgehead atoms. The molecule has 4 nitrogen and oxygen atoms in total. The minimum Gasteiger partial charge on any atom is -0.378 e. The highest BCUT2D eigenvalue weighted by atomic mass is 16.5. The van der Waals surface area contributed by atoms with E-state index in [-0.39, 0.29) is 0 Å². The summed E-state index contributed by atoms with van der Waals surface area (Å²) in [5, 5.41) is 3.18. The van der Waals surface area contributed by atoms with Gasteiger partial charge in [-0.2, -0.15) is 0 Å². The molecule has 1 amide bonds. The summed E-state index contributed by atoms with van der Waals surface area (Å²) in [4.78, 5) is 14.3.